The Bertz CT molecular complexity index is 1520. The smallest absolute Gasteiger partial charge is 0.367 e. The van der Waals surface area contributed by atoms with Crippen LogP contribution in [-0.4, -0.2) is 64.0 Å². The average molecular weight is 560 g/mol. The molecule has 0 radical (unpaired) electrons. The van der Waals surface area contributed by atoms with Crippen LogP contribution in [0, 0.1) is 19.7 Å². The zero-order chi connectivity index (χ0) is 27.9. The molecule has 39 heavy (non-hydrogen) atoms. The SMILES string of the molecule is Cc1ncc(-c2cn(-c3cc(C(=O)Nc4cc(N5CCN(C)CC5)c(F)c(C(F)(F)F)c4)ccc3C)nn2)s1. The van der Waals surface area contributed by atoms with E-state index in [1.807, 2.05) is 25.8 Å². The number of likely N-dealkylation sites (N-methyl/N-ethyl adjacent to an activating group) is 1. The standard InChI is InChI=1S/C26H25F4N7OS/c1-15-4-5-17(10-21(15)37-14-20(33-34-37)23-13-31-16(2)39-23)25(38)32-18-11-19(26(28,29)30)24(27)22(12-18)36-8-6-35(3)7-9-36/h4-5,10-14H,6-9H2,1-3H3,(H,32,38). The number of hydrogen-bond donors (Lipinski definition) is 1. The van der Waals surface area contributed by atoms with Gasteiger partial charge in [-0.15, -0.1) is 16.4 Å². The Morgan fingerprint density at radius 2 is 1.79 bits per heavy atom. The maximum atomic E-state index is 15.0. The Kier molecular flexibility index (Phi) is 7.12. The number of aryl methyl sites for hydroxylation is 2. The van der Waals surface area contributed by atoms with Gasteiger partial charge in [0.2, 0.25) is 0 Å². The summed E-state index contributed by atoms with van der Waals surface area (Å²) < 4.78 is 57.7. The number of amides is 1. The second-order valence-corrected chi connectivity index (χ2v) is 10.6. The van der Waals surface area contributed by atoms with Crippen molar-refractivity contribution >= 4 is 28.6 Å². The topological polar surface area (TPSA) is 79.2 Å². The zero-order valence-corrected chi connectivity index (χ0v) is 22.2. The van der Waals surface area contributed by atoms with Crippen LogP contribution in [0.5, 0.6) is 0 Å². The molecule has 0 atom stereocenters. The van der Waals surface area contributed by atoms with Crippen LogP contribution in [0.3, 0.4) is 0 Å². The number of hydrogen-bond acceptors (Lipinski definition) is 7. The number of rotatable bonds is 5. The molecule has 2 aromatic carbocycles. The van der Waals surface area contributed by atoms with Gasteiger partial charge >= 0.3 is 6.18 Å². The van der Waals surface area contributed by atoms with Crippen molar-refractivity contribution in [2.24, 2.45) is 0 Å². The third kappa shape index (κ3) is 5.64. The van der Waals surface area contributed by atoms with Gasteiger partial charge in [0.1, 0.15) is 5.69 Å². The van der Waals surface area contributed by atoms with E-state index >= 15 is 0 Å². The Morgan fingerprint density at radius 1 is 1.05 bits per heavy atom. The molecule has 1 amide bonds. The molecule has 1 aliphatic rings. The number of nitrogens with zero attached hydrogens (tertiary/aromatic N) is 6. The summed E-state index contributed by atoms with van der Waals surface area (Å²) in [5, 5.41) is 11.8. The van der Waals surface area contributed by atoms with E-state index in [1.54, 1.807) is 35.5 Å². The predicted octanol–water partition coefficient (Wildman–Crippen LogP) is 5.17. The number of piperazine rings is 1. The Labute approximate surface area is 225 Å². The van der Waals surface area contributed by atoms with E-state index in [0.29, 0.717) is 43.6 Å². The van der Waals surface area contributed by atoms with Crippen LogP contribution in [-0.2, 0) is 6.18 Å². The van der Waals surface area contributed by atoms with Crippen molar-refractivity contribution < 1.29 is 22.4 Å². The van der Waals surface area contributed by atoms with Crippen LogP contribution in [0.15, 0.2) is 42.7 Å². The summed E-state index contributed by atoms with van der Waals surface area (Å²) in [5.74, 6) is -1.99. The van der Waals surface area contributed by atoms with Gasteiger partial charge in [-0.2, -0.15) is 13.2 Å². The highest BCUT2D eigenvalue weighted by molar-refractivity contribution is 7.15. The van der Waals surface area contributed by atoms with Crippen molar-refractivity contribution in [3.8, 4) is 16.3 Å². The predicted molar refractivity (Wildman–Crippen MR) is 141 cm³/mol. The van der Waals surface area contributed by atoms with Gasteiger partial charge in [-0.05, 0) is 50.7 Å². The molecule has 0 unspecified atom stereocenters. The van der Waals surface area contributed by atoms with E-state index in [-0.39, 0.29) is 16.9 Å². The van der Waals surface area contributed by atoms with Crippen LogP contribution in [0.1, 0.15) is 26.5 Å². The second-order valence-electron chi connectivity index (χ2n) is 9.39. The first-order valence-corrected chi connectivity index (χ1v) is 12.9. The number of alkyl halides is 3. The molecule has 0 aliphatic carbocycles. The summed E-state index contributed by atoms with van der Waals surface area (Å²) in [4.78, 5) is 21.8. The summed E-state index contributed by atoms with van der Waals surface area (Å²) in [6.07, 6.45) is -1.50. The maximum Gasteiger partial charge on any atom is 0.419 e. The number of halogens is 4. The Hall–Kier alpha value is -3.84. The van der Waals surface area contributed by atoms with Gasteiger partial charge in [0.25, 0.3) is 5.91 Å². The Balaban J connectivity index is 1.44. The lowest BCUT2D eigenvalue weighted by Gasteiger charge is -2.34. The van der Waals surface area contributed by atoms with Crippen molar-refractivity contribution in [1.29, 1.82) is 0 Å². The van der Waals surface area contributed by atoms with Gasteiger partial charge in [-0.3, -0.25) is 4.79 Å². The molecule has 1 fully saturated rings. The minimum absolute atomic E-state index is 0.145. The summed E-state index contributed by atoms with van der Waals surface area (Å²) in [7, 11) is 1.89. The molecule has 4 aromatic rings. The number of carbonyl (C=O) groups is 1. The summed E-state index contributed by atoms with van der Waals surface area (Å²) in [6.45, 7) is 5.62. The molecule has 8 nitrogen and oxygen atoms in total. The minimum Gasteiger partial charge on any atom is -0.367 e. The number of benzene rings is 2. The normalized spacial score (nSPS) is 14.6. The first-order valence-electron chi connectivity index (χ1n) is 12.1. The highest BCUT2D eigenvalue weighted by Crippen LogP contribution is 2.38. The van der Waals surface area contributed by atoms with E-state index in [4.69, 9.17) is 0 Å². The molecule has 13 heteroatoms. The van der Waals surface area contributed by atoms with Gasteiger partial charge in [0.15, 0.2) is 5.82 Å². The largest absolute Gasteiger partial charge is 0.419 e. The summed E-state index contributed by atoms with van der Waals surface area (Å²) in [5.41, 5.74) is 0.447. The van der Waals surface area contributed by atoms with E-state index in [0.717, 1.165) is 15.4 Å². The van der Waals surface area contributed by atoms with Gasteiger partial charge in [-0.25, -0.2) is 14.1 Å². The van der Waals surface area contributed by atoms with Crippen LogP contribution in [0.4, 0.5) is 28.9 Å². The highest BCUT2D eigenvalue weighted by atomic mass is 32.1. The van der Waals surface area contributed by atoms with Gasteiger partial charge < -0.3 is 15.1 Å². The molecule has 1 N–H and O–H groups in total. The number of thiazole rings is 1. The minimum atomic E-state index is -4.93. The second kappa shape index (κ2) is 10.4. The lowest BCUT2D eigenvalue weighted by atomic mass is 10.1. The number of carbonyl (C=O) groups excluding carboxylic acids is 1. The first-order chi connectivity index (χ1) is 18.5. The number of aromatic nitrogens is 4. The lowest BCUT2D eigenvalue weighted by Crippen LogP contribution is -2.45. The summed E-state index contributed by atoms with van der Waals surface area (Å²) >= 11 is 1.47. The third-order valence-corrected chi connectivity index (χ3v) is 7.48. The van der Waals surface area contributed by atoms with Gasteiger partial charge in [0, 0.05) is 43.6 Å². The highest BCUT2D eigenvalue weighted by Gasteiger charge is 2.37. The molecule has 1 saturated heterocycles. The molecule has 0 bridgehead atoms. The van der Waals surface area contributed by atoms with E-state index in [9.17, 15) is 22.4 Å². The quantitative estimate of drug-likeness (QED) is 0.340. The van der Waals surface area contributed by atoms with Crippen molar-refractivity contribution in [2.45, 2.75) is 20.0 Å². The average Bonchev–Trinajstić information content (AvgIpc) is 3.54. The molecule has 3 heterocycles. The number of nitrogens with one attached hydrogen (secondary N) is 1. The van der Waals surface area contributed by atoms with E-state index in [1.165, 1.54) is 22.1 Å². The molecule has 1 aliphatic heterocycles. The fraction of sp³-hybridized carbons (Fsp3) is 0.308. The van der Waals surface area contributed by atoms with Crippen molar-refractivity contribution in [3.05, 3.63) is 70.2 Å². The molecule has 5 rings (SSSR count). The lowest BCUT2D eigenvalue weighted by molar-refractivity contribution is -0.139. The molecule has 0 saturated carbocycles. The van der Waals surface area contributed by atoms with Crippen molar-refractivity contribution in [3.63, 3.8) is 0 Å². The van der Waals surface area contributed by atoms with Crippen LogP contribution in [0.25, 0.3) is 16.3 Å². The van der Waals surface area contributed by atoms with Crippen molar-refractivity contribution in [1.82, 2.24) is 24.9 Å². The third-order valence-electron chi connectivity index (χ3n) is 6.55. The first kappa shape index (κ1) is 26.8. The summed E-state index contributed by atoms with van der Waals surface area (Å²) in [6, 6.07) is 6.74. The number of anilines is 2. The van der Waals surface area contributed by atoms with Crippen LogP contribution in [0.2, 0.25) is 0 Å². The molecule has 2 aromatic heterocycles. The van der Waals surface area contributed by atoms with E-state index in [2.05, 4.69) is 20.6 Å². The van der Waals surface area contributed by atoms with Gasteiger partial charge in [0.05, 0.1) is 33.0 Å². The molecule has 0 spiro atoms. The molecular formula is C26H25F4N7OS. The fourth-order valence-electron chi connectivity index (χ4n) is 4.34. The monoisotopic (exact) mass is 559 g/mol. The van der Waals surface area contributed by atoms with Crippen molar-refractivity contribution in [2.75, 3.05) is 43.4 Å². The van der Waals surface area contributed by atoms with Gasteiger partial charge in [-0.1, -0.05) is 11.3 Å². The molecular weight excluding hydrogens is 534 g/mol. The fourth-order valence-corrected chi connectivity index (χ4v) is 5.07. The van der Waals surface area contributed by atoms with Crippen LogP contribution >= 0.6 is 11.3 Å². The van der Waals surface area contributed by atoms with Crippen LogP contribution < -0.4 is 10.2 Å². The van der Waals surface area contributed by atoms with E-state index < -0.39 is 23.5 Å². The molecule has 204 valence electrons. The maximum absolute atomic E-state index is 15.0. The Morgan fingerprint density at radius 3 is 2.46 bits per heavy atom. The zero-order valence-electron chi connectivity index (χ0n) is 21.4.